The number of nitrogens with two attached hydrogens (primary N) is 1. The van der Waals surface area contributed by atoms with Crippen molar-refractivity contribution in [3.05, 3.63) is 28.2 Å². The summed E-state index contributed by atoms with van der Waals surface area (Å²) in [5.41, 5.74) is 6.99. The van der Waals surface area contributed by atoms with Crippen LogP contribution in [0.4, 0.5) is 0 Å². The van der Waals surface area contributed by atoms with Gasteiger partial charge in [-0.2, -0.15) is 0 Å². The number of benzene rings is 1. The van der Waals surface area contributed by atoms with Crippen molar-refractivity contribution < 1.29 is 4.74 Å². The summed E-state index contributed by atoms with van der Waals surface area (Å²) in [6.07, 6.45) is 4.98. The van der Waals surface area contributed by atoms with Crippen molar-refractivity contribution in [2.45, 2.75) is 38.3 Å². The van der Waals surface area contributed by atoms with Gasteiger partial charge in [-0.3, -0.25) is 4.90 Å². The van der Waals surface area contributed by atoms with Gasteiger partial charge in [0.1, 0.15) is 5.75 Å². The minimum atomic E-state index is 0. The van der Waals surface area contributed by atoms with Gasteiger partial charge in [-0.15, -0.1) is 12.4 Å². The molecule has 0 aliphatic carbocycles. The van der Waals surface area contributed by atoms with Gasteiger partial charge >= 0.3 is 0 Å². The lowest BCUT2D eigenvalue weighted by Crippen LogP contribution is -2.40. The van der Waals surface area contributed by atoms with Crippen molar-refractivity contribution in [1.82, 2.24) is 4.90 Å². The number of methoxy groups -OCH3 is 1. The summed E-state index contributed by atoms with van der Waals surface area (Å²) in [5.74, 6) is 0.972. The minimum Gasteiger partial charge on any atom is -0.496 e. The SMILES string of the molecule is COc1ccc(Br)cc1CN1CCCCC1CCN.Cl. The van der Waals surface area contributed by atoms with E-state index >= 15 is 0 Å². The Bertz CT molecular complexity index is 415. The van der Waals surface area contributed by atoms with E-state index in [1.54, 1.807) is 7.11 Å². The maximum Gasteiger partial charge on any atom is 0.123 e. The van der Waals surface area contributed by atoms with Gasteiger partial charge in [0, 0.05) is 22.6 Å². The molecule has 1 aliphatic heterocycles. The van der Waals surface area contributed by atoms with Gasteiger partial charge in [-0.05, 0) is 50.6 Å². The molecule has 114 valence electrons. The molecule has 1 atom stereocenters. The maximum absolute atomic E-state index is 5.74. The number of halogens is 2. The van der Waals surface area contributed by atoms with E-state index in [1.807, 2.05) is 12.1 Å². The van der Waals surface area contributed by atoms with Crippen LogP contribution in [0.3, 0.4) is 0 Å². The molecule has 0 aromatic heterocycles. The van der Waals surface area contributed by atoms with Crippen LogP contribution in [-0.2, 0) is 6.54 Å². The first-order chi connectivity index (χ1) is 9.24. The molecule has 1 aromatic rings. The zero-order valence-corrected chi connectivity index (χ0v) is 14.4. The Hall–Kier alpha value is -0.290. The summed E-state index contributed by atoms with van der Waals surface area (Å²) in [7, 11) is 1.74. The van der Waals surface area contributed by atoms with Crippen molar-refractivity contribution in [2.75, 3.05) is 20.2 Å². The molecular weight excluding hydrogens is 340 g/mol. The fraction of sp³-hybridized carbons (Fsp3) is 0.600. The summed E-state index contributed by atoms with van der Waals surface area (Å²) >= 11 is 3.54. The Kier molecular flexibility index (Phi) is 7.88. The molecule has 1 aromatic carbocycles. The fourth-order valence-corrected chi connectivity index (χ4v) is 3.29. The molecule has 1 heterocycles. The van der Waals surface area contributed by atoms with Crippen molar-refractivity contribution >= 4 is 28.3 Å². The van der Waals surface area contributed by atoms with Crippen molar-refractivity contribution in [2.24, 2.45) is 5.73 Å². The first-order valence-corrected chi connectivity index (χ1v) is 7.80. The first-order valence-electron chi connectivity index (χ1n) is 7.01. The average molecular weight is 364 g/mol. The van der Waals surface area contributed by atoms with E-state index in [4.69, 9.17) is 10.5 Å². The van der Waals surface area contributed by atoms with E-state index < -0.39 is 0 Å². The maximum atomic E-state index is 5.74. The monoisotopic (exact) mass is 362 g/mol. The molecule has 0 radical (unpaired) electrons. The lowest BCUT2D eigenvalue weighted by atomic mass is 9.98. The lowest BCUT2D eigenvalue weighted by molar-refractivity contribution is 0.133. The molecule has 2 N–H and O–H groups in total. The van der Waals surface area contributed by atoms with E-state index in [-0.39, 0.29) is 12.4 Å². The molecule has 0 amide bonds. The number of hydrogen-bond donors (Lipinski definition) is 1. The molecule has 5 heteroatoms. The van der Waals surface area contributed by atoms with E-state index in [1.165, 1.54) is 31.4 Å². The second kappa shape index (κ2) is 8.88. The molecule has 1 saturated heterocycles. The van der Waals surface area contributed by atoms with Gasteiger partial charge in [0.2, 0.25) is 0 Å². The predicted molar refractivity (Wildman–Crippen MR) is 89.7 cm³/mol. The van der Waals surface area contributed by atoms with E-state index in [9.17, 15) is 0 Å². The quantitative estimate of drug-likeness (QED) is 0.869. The van der Waals surface area contributed by atoms with Crippen LogP contribution in [0.5, 0.6) is 5.75 Å². The Labute approximate surface area is 136 Å². The molecule has 0 saturated carbocycles. The van der Waals surface area contributed by atoms with Crippen molar-refractivity contribution in [3.63, 3.8) is 0 Å². The van der Waals surface area contributed by atoms with Crippen molar-refractivity contribution in [1.29, 1.82) is 0 Å². The van der Waals surface area contributed by atoms with E-state index in [2.05, 4.69) is 26.9 Å². The first kappa shape index (κ1) is 17.8. The van der Waals surface area contributed by atoms with Gasteiger partial charge in [-0.1, -0.05) is 22.4 Å². The second-order valence-electron chi connectivity index (χ2n) is 5.15. The molecule has 1 fully saturated rings. The van der Waals surface area contributed by atoms with E-state index in [0.717, 1.165) is 29.7 Å². The van der Waals surface area contributed by atoms with Crippen LogP contribution >= 0.6 is 28.3 Å². The van der Waals surface area contributed by atoms with Crippen LogP contribution < -0.4 is 10.5 Å². The Balaban J connectivity index is 0.00000200. The molecule has 0 spiro atoms. The van der Waals surface area contributed by atoms with Crippen LogP contribution in [0, 0.1) is 0 Å². The largest absolute Gasteiger partial charge is 0.496 e. The van der Waals surface area contributed by atoms with Gasteiger partial charge in [0.25, 0.3) is 0 Å². The highest BCUT2D eigenvalue weighted by atomic mass is 79.9. The molecule has 3 nitrogen and oxygen atoms in total. The normalized spacial score (nSPS) is 19.4. The molecular formula is C15H24BrClN2O. The zero-order valence-electron chi connectivity index (χ0n) is 12.0. The number of hydrogen-bond acceptors (Lipinski definition) is 3. The van der Waals surface area contributed by atoms with Crippen LogP contribution in [0.25, 0.3) is 0 Å². The number of piperidine rings is 1. The standard InChI is InChI=1S/C15H23BrN2O.ClH/c1-19-15-6-5-13(16)10-12(15)11-18-9-3-2-4-14(18)7-8-17;/h5-6,10,14H,2-4,7-9,11,17H2,1H3;1H. The molecule has 1 aliphatic rings. The topological polar surface area (TPSA) is 38.5 Å². The predicted octanol–water partition coefficient (Wildman–Crippen LogP) is 3.58. The van der Waals surface area contributed by atoms with Gasteiger partial charge in [0.05, 0.1) is 7.11 Å². The van der Waals surface area contributed by atoms with Crippen LogP contribution in [0.1, 0.15) is 31.2 Å². The summed E-state index contributed by atoms with van der Waals surface area (Å²) in [6, 6.07) is 6.84. The smallest absolute Gasteiger partial charge is 0.123 e. The number of rotatable bonds is 5. The number of ether oxygens (including phenoxy) is 1. The summed E-state index contributed by atoms with van der Waals surface area (Å²) < 4.78 is 6.57. The Morgan fingerprint density at radius 2 is 2.20 bits per heavy atom. The number of nitrogens with zero attached hydrogens (tertiary/aromatic N) is 1. The van der Waals surface area contributed by atoms with E-state index in [0.29, 0.717) is 6.04 Å². The lowest BCUT2D eigenvalue weighted by Gasteiger charge is -2.36. The van der Waals surface area contributed by atoms with Crippen LogP contribution in [0.2, 0.25) is 0 Å². The third-order valence-corrected chi connectivity index (χ3v) is 4.36. The van der Waals surface area contributed by atoms with Gasteiger partial charge in [-0.25, -0.2) is 0 Å². The molecule has 1 unspecified atom stereocenters. The highest BCUT2D eigenvalue weighted by molar-refractivity contribution is 9.10. The Morgan fingerprint density at radius 1 is 1.40 bits per heavy atom. The highest BCUT2D eigenvalue weighted by Crippen LogP contribution is 2.28. The highest BCUT2D eigenvalue weighted by Gasteiger charge is 2.22. The van der Waals surface area contributed by atoms with Gasteiger partial charge in [0.15, 0.2) is 0 Å². The summed E-state index contributed by atoms with van der Waals surface area (Å²) in [4.78, 5) is 2.56. The van der Waals surface area contributed by atoms with Crippen LogP contribution in [0.15, 0.2) is 22.7 Å². The molecule has 0 bridgehead atoms. The third-order valence-electron chi connectivity index (χ3n) is 3.86. The third kappa shape index (κ3) is 4.62. The molecule has 2 rings (SSSR count). The van der Waals surface area contributed by atoms with Crippen molar-refractivity contribution in [3.8, 4) is 5.75 Å². The molecule has 20 heavy (non-hydrogen) atoms. The average Bonchev–Trinajstić information content (AvgIpc) is 2.42. The Morgan fingerprint density at radius 3 is 2.90 bits per heavy atom. The minimum absolute atomic E-state index is 0. The summed E-state index contributed by atoms with van der Waals surface area (Å²) in [6.45, 7) is 2.89. The van der Waals surface area contributed by atoms with Gasteiger partial charge < -0.3 is 10.5 Å². The van der Waals surface area contributed by atoms with Crippen LogP contribution in [-0.4, -0.2) is 31.1 Å². The second-order valence-corrected chi connectivity index (χ2v) is 6.07. The number of likely N-dealkylation sites (tertiary alicyclic amines) is 1. The zero-order chi connectivity index (χ0) is 13.7. The fourth-order valence-electron chi connectivity index (χ4n) is 2.88. The summed E-state index contributed by atoms with van der Waals surface area (Å²) in [5, 5.41) is 0.